The van der Waals surface area contributed by atoms with Crippen LogP contribution < -0.4 is 5.32 Å². The molecule has 0 aliphatic rings. The lowest BCUT2D eigenvalue weighted by Crippen LogP contribution is -2.15. The molecule has 0 aliphatic heterocycles. The molecule has 0 fully saturated rings. The molecule has 0 saturated carbocycles. The van der Waals surface area contributed by atoms with E-state index in [1.54, 1.807) is 0 Å². The Morgan fingerprint density at radius 1 is 1.43 bits per heavy atom. The van der Waals surface area contributed by atoms with Gasteiger partial charge in [-0.25, -0.2) is 0 Å². The summed E-state index contributed by atoms with van der Waals surface area (Å²) >= 11 is 0. The van der Waals surface area contributed by atoms with Gasteiger partial charge in [-0.3, -0.25) is 9.72 Å². The van der Waals surface area contributed by atoms with Gasteiger partial charge < -0.3 is 0 Å². The summed E-state index contributed by atoms with van der Waals surface area (Å²) in [4.78, 5) is 0. The summed E-state index contributed by atoms with van der Waals surface area (Å²) in [5, 5.41) is 11.1. The van der Waals surface area contributed by atoms with E-state index in [-0.39, 0.29) is 0 Å². The van der Waals surface area contributed by atoms with Crippen molar-refractivity contribution in [1.82, 2.24) is 19.9 Å². The van der Waals surface area contributed by atoms with Crippen molar-refractivity contribution in [1.29, 1.82) is 0 Å². The van der Waals surface area contributed by atoms with E-state index in [4.69, 9.17) is 6.42 Å². The summed E-state index contributed by atoms with van der Waals surface area (Å²) in [7, 11) is 0. The van der Waals surface area contributed by atoms with E-state index < -0.39 is 0 Å². The first kappa shape index (κ1) is 8.73. The van der Waals surface area contributed by atoms with Gasteiger partial charge in [0.25, 0.3) is 0 Å². The Balaban J connectivity index is 2.22. The van der Waals surface area contributed by atoms with Crippen molar-refractivity contribution in [2.24, 2.45) is 0 Å². The third kappa shape index (κ3) is 1.58. The molecule has 70 valence electrons. The van der Waals surface area contributed by atoms with Gasteiger partial charge in [-0.15, -0.1) is 16.6 Å². The van der Waals surface area contributed by atoms with Crippen molar-refractivity contribution in [3.05, 3.63) is 30.2 Å². The summed E-state index contributed by atoms with van der Waals surface area (Å²) in [5.74, 6) is 3.38. The Morgan fingerprint density at radius 3 is 3.21 bits per heavy atom. The van der Waals surface area contributed by atoms with E-state index in [2.05, 4.69) is 21.4 Å². The number of nitrogens with one attached hydrogen (secondary N) is 1. The minimum Gasteiger partial charge on any atom is -0.299 e. The second kappa shape index (κ2) is 3.90. The lowest BCUT2D eigenvalue weighted by molar-refractivity contribution is 0.715. The lowest BCUT2D eigenvalue weighted by Gasteiger charge is -1.98. The van der Waals surface area contributed by atoms with E-state index in [9.17, 15) is 0 Å². The topological polar surface area (TPSA) is 42.2 Å². The van der Waals surface area contributed by atoms with Crippen molar-refractivity contribution < 1.29 is 0 Å². The van der Waals surface area contributed by atoms with Gasteiger partial charge in [0.05, 0.1) is 13.1 Å². The van der Waals surface area contributed by atoms with Gasteiger partial charge in [0, 0.05) is 6.20 Å². The van der Waals surface area contributed by atoms with Gasteiger partial charge in [0.2, 0.25) is 0 Å². The number of hydrogen-bond acceptors (Lipinski definition) is 3. The highest BCUT2D eigenvalue weighted by Gasteiger charge is 2.02. The summed E-state index contributed by atoms with van der Waals surface area (Å²) in [6, 6.07) is 5.79. The fraction of sp³-hybridized carbons (Fsp3) is 0.200. The molecule has 1 N–H and O–H groups in total. The molecule has 0 atom stereocenters. The number of fused-ring (bicyclic) bond motifs is 1. The molecule has 0 aromatic carbocycles. The SMILES string of the molecule is C#CCNCc1nnc2ccccn12. The van der Waals surface area contributed by atoms with Gasteiger partial charge in [0.15, 0.2) is 11.5 Å². The zero-order valence-electron chi connectivity index (χ0n) is 7.64. The summed E-state index contributed by atoms with van der Waals surface area (Å²) in [5.41, 5.74) is 0.852. The molecule has 0 radical (unpaired) electrons. The lowest BCUT2D eigenvalue weighted by atomic mass is 10.4. The minimum absolute atomic E-state index is 0.543. The average molecular weight is 186 g/mol. The first-order valence-electron chi connectivity index (χ1n) is 4.34. The molecular weight excluding hydrogens is 176 g/mol. The Labute approximate surface area is 82.0 Å². The summed E-state index contributed by atoms with van der Waals surface area (Å²) in [6.07, 6.45) is 7.06. The highest BCUT2D eigenvalue weighted by Crippen LogP contribution is 2.01. The molecule has 0 unspecified atom stereocenters. The average Bonchev–Trinajstić information content (AvgIpc) is 2.63. The minimum atomic E-state index is 0.543. The highest BCUT2D eigenvalue weighted by molar-refractivity contribution is 5.36. The third-order valence-electron chi connectivity index (χ3n) is 1.89. The summed E-state index contributed by atoms with van der Waals surface area (Å²) in [6.45, 7) is 1.18. The third-order valence-corrected chi connectivity index (χ3v) is 1.89. The van der Waals surface area contributed by atoms with Crippen molar-refractivity contribution in [2.75, 3.05) is 6.54 Å². The molecule has 4 nitrogen and oxygen atoms in total. The maximum atomic E-state index is 5.13. The normalized spacial score (nSPS) is 10.2. The summed E-state index contributed by atoms with van der Waals surface area (Å²) < 4.78 is 1.93. The fourth-order valence-electron chi connectivity index (χ4n) is 1.26. The molecular formula is C10H10N4. The maximum Gasteiger partial charge on any atom is 0.160 e. The molecule has 0 bridgehead atoms. The maximum absolute atomic E-state index is 5.13. The van der Waals surface area contributed by atoms with E-state index in [1.165, 1.54) is 0 Å². The molecule has 0 saturated heterocycles. The van der Waals surface area contributed by atoms with Crippen LogP contribution in [0.4, 0.5) is 0 Å². The van der Waals surface area contributed by atoms with Crippen LogP contribution in [-0.2, 0) is 6.54 Å². The molecule has 2 aromatic heterocycles. The largest absolute Gasteiger partial charge is 0.299 e. The predicted octanol–water partition coefficient (Wildman–Crippen LogP) is 0.452. The Bertz CT molecular complexity index is 466. The first-order valence-corrected chi connectivity index (χ1v) is 4.34. The van der Waals surface area contributed by atoms with E-state index >= 15 is 0 Å². The van der Waals surface area contributed by atoms with Gasteiger partial charge in [0.1, 0.15) is 0 Å². The van der Waals surface area contributed by atoms with Crippen LogP contribution in [0.1, 0.15) is 5.82 Å². The van der Waals surface area contributed by atoms with Crippen LogP contribution in [0.25, 0.3) is 5.65 Å². The van der Waals surface area contributed by atoms with Crippen LogP contribution in [0.15, 0.2) is 24.4 Å². The van der Waals surface area contributed by atoms with Gasteiger partial charge in [-0.05, 0) is 12.1 Å². The fourth-order valence-corrected chi connectivity index (χ4v) is 1.26. The number of terminal acetylenes is 1. The quantitative estimate of drug-likeness (QED) is 0.559. The molecule has 0 spiro atoms. The monoisotopic (exact) mass is 186 g/mol. The zero-order chi connectivity index (χ0) is 9.80. The zero-order valence-corrected chi connectivity index (χ0v) is 7.64. The van der Waals surface area contributed by atoms with E-state index in [0.717, 1.165) is 11.5 Å². The van der Waals surface area contributed by atoms with Crippen molar-refractivity contribution in [2.45, 2.75) is 6.54 Å². The Morgan fingerprint density at radius 2 is 2.36 bits per heavy atom. The van der Waals surface area contributed by atoms with Crippen molar-refractivity contribution >= 4 is 5.65 Å². The Hall–Kier alpha value is -1.86. The molecule has 2 aromatic rings. The van der Waals surface area contributed by atoms with Gasteiger partial charge >= 0.3 is 0 Å². The number of aromatic nitrogens is 3. The van der Waals surface area contributed by atoms with Crippen LogP contribution >= 0.6 is 0 Å². The van der Waals surface area contributed by atoms with Crippen LogP contribution in [0, 0.1) is 12.3 Å². The molecule has 0 aliphatic carbocycles. The van der Waals surface area contributed by atoms with Crippen LogP contribution in [0.5, 0.6) is 0 Å². The number of nitrogens with zero attached hydrogens (tertiary/aromatic N) is 3. The molecule has 4 heteroatoms. The number of rotatable bonds is 3. The molecule has 14 heavy (non-hydrogen) atoms. The van der Waals surface area contributed by atoms with Crippen molar-refractivity contribution in [3.63, 3.8) is 0 Å². The first-order chi connectivity index (χ1) is 6.92. The smallest absolute Gasteiger partial charge is 0.160 e. The van der Waals surface area contributed by atoms with Crippen LogP contribution in [0.3, 0.4) is 0 Å². The van der Waals surface area contributed by atoms with Crippen molar-refractivity contribution in [3.8, 4) is 12.3 Å². The highest BCUT2D eigenvalue weighted by atomic mass is 15.3. The number of pyridine rings is 1. The second-order valence-corrected chi connectivity index (χ2v) is 2.85. The predicted molar refractivity (Wildman–Crippen MR) is 53.5 cm³/mol. The van der Waals surface area contributed by atoms with Crippen LogP contribution in [-0.4, -0.2) is 21.1 Å². The second-order valence-electron chi connectivity index (χ2n) is 2.85. The number of hydrogen-bond donors (Lipinski definition) is 1. The molecule has 0 amide bonds. The van der Waals surface area contributed by atoms with Crippen LogP contribution in [0.2, 0.25) is 0 Å². The molecule has 2 rings (SSSR count). The van der Waals surface area contributed by atoms with E-state index in [0.29, 0.717) is 13.1 Å². The van der Waals surface area contributed by atoms with Gasteiger partial charge in [-0.2, -0.15) is 0 Å². The Kier molecular flexibility index (Phi) is 2.43. The molecule has 2 heterocycles. The van der Waals surface area contributed by atoms with Gasteiger partial charge in [-0.1, -0.05) is 12.0 Å². The van der Waals surface area contributed by atoms with E-state index in [1.807, 2.05) is 28.8 Å². The standard InChI is InChI=1S/C10H10N4/c1-2-6-11-8-10-13-12-9-5-3-4-7-14(9)10/h1,3-5,7,11H,6,8H2.